The van der Waals surface area contributed by atoms with E-state index in [1.807, 2.05) is 24.3 Å². The summed E-state index contributed by atoms with van der Waals surface area (Å²) < 4.78 is 19.2. The molecule has 0 spiro atoms. The minimum Gasteiger partial charge on any atom is -0.489 e. The zero-order valence-electron chi connectivity index (χ0n) is 11.2. The van der Waals surface area contributed by atoms with Crippen molar-refractivity contribution in [2.24, 2.45) is 0 Å². The molecule has 0 aliphatic carbocycles. The number of aliphatic hydroxyl groups is 2. The molecule has 0 amide bonds. The van der Waals surface area contributed by atoms with Gasteiger partial charge in [-0.3, -0.25) is 0 Å². The van der Waals surface area contributed by atoms with Gasteiger partial charge in [0.1, 0.15) is 18.2 Å². The lowest BCUT2D eigenvalue weighted by Crippen LogP contribution is -1.99. The molecule has 0 aliphatic heterocycles. The van der Waals surface area contributed by atoms with Gasteiger partial charge in [0.15, 0.2) is 0 Å². The molecule has 0 fully saturated rings. The maximum Gasteiger partial charge on any atom is 0.132 e. The number of benzene rings is 2. The molecule has 3 nitrogen and oxygen atoms in total. The van der Waals surface area contributed by atoms with Gasteiger partial charge in [-0.05, 0) is 30.2 Å². The molecular weight excluding hydrogens is 259 g/mol. The van der Waals surface area contributed by atoms with Crippen LogP contribution in [0, 0.1) is 5.82 Å². The van der Waals surface area contributed by atoms with Gasteiger partial charge in [-0.1, -0.05) is 24.3 Å². The van der Waals surface area contributed by atoms with Gasteiger partial charge >= 0.3 is 0 Å². The fraction of sp³-hybridized carbons (Fsp3) is 0.250. The Balaban J connectivity index is 2.01. The Labute approximate surface area is 117 Å². The summed E-state index contributed by atoms with van der Waals surface area (Å²) in [6.45, 7) is 1.84. The van der Waals surface area contributed by atoms with Crippen LogP contribution in [0.25, 0.3) is 0 Å². The summed E-state index contributed by atoms with van der Waals surface area (Å²) in [7, 11) is 0. The predicted molar refractivity (Wildman–Crippen MR) is 73.7 cm³/mol. The molecule has 0 aliphatic rings. The highest BCUT2D eigenvalue weighted by molar-refractivity contribution is 5.30. The third kappa shape index (κ3) is 3.56. The van der Waals surface area contributed by atoms with Crippen LogP contribution in [0.15, 0.2) is 42.5 Å². The minimum absolute atomic E-state index is 0.00710. The van der Waals surface area contributed by atoms with Crippen LogP contribution in [-0.2, 0) is 13.2 Å². The van der Waals surface area contributed by atoms with E-state index in [-0.39, 0.29) is 12.2 Å². The van der Waals surface area contributed by atoms with E-state index in [0.717, 1.165) is 11.1 Å². The van der Waals surface area contributed by atoms with Gasteiger partial charge in [0.05, 0.1) is 12.7 Å². The molecule has 0 heterocycles. The average Bonchev–Trinajstić information content (AvgIpc) is 2.45. The molecule has 2 rings (SSSR count). The molecule has 0 bridgehead atoms. The van der Waals surface area contributed by atoms with E-state index in [1.165, 1.54) is 19.1 Å². The van der Waals surface area contributed by atoms with Crippen LogP contribution in [0.5, 0.6) is 5.75 Å². The van der Waals surface area contributed by atoms with Gasteiger partial charge in [-0.2, -0.15) is 0 Å². The third-order valence-corrected chi connectivity index (χ3v) is 3.03. The van der Waals surface area contributed by atoms with Gasteiger partial charge in [0.25, 0.3) is 0 Å². The summed E-state index contributed by atoms with van der Waals surface area (Å²) >= 11 is 0. The quantitative estimate of drug-likeness (QED) is 0.882. The predicted octanol–water partition coefficient (Wildman–Crippen LogP) is 2.95. The molecule has 4 heteroatoms. The van der Waals surface area contributed by atoms with Crippen LogP contribution in [-0.4, -0.2) is 10.2 Å². The largest absolute Gasteiger partial charge is 0.489 e. The summed E-state index contributed by atoms with van der Waals surface area (Å²) in [4.78, 5) is 0. The Bertz CT molecular complexity index is 564. The van der Waals surface area contributed by atoms with E-state index in [0.29, 0.717) is 12.4 Å². The number of hydrogen-bond acceptors (Lipinski definition) is 3. The first kappa shape index (κ1) is 14.5. The lowest BCUT2D eigenvalue weighted by atomic mass is 10.1. The number of halogens is 1. The van der Waals surface area contributed by atoms with Crippen molar-refractivity contribution in [2.45, 2.75) is 26.2 Å². The van der Waals surface area contributed by atoms with Crippen molar-refractivity contribution in [1.29, 1.82) is 0 Å². The van der Waals surface area contributed by atoms with E-state index < -0.39 is 11.9 Å². The Morgan fingerprint density at radius 1 is 1.10 bits per heavy atom. The Morgan fingerprint density at radius 3 is 2.30 bits per heavy atom. The fourth-order valence-electron chi connectivity index (χ4n) is 1.84. The second-order valence-corrected chi connectivity index (χ2v) is 4.62. The van der Waals surface area contributed by atoms with Crippen molar-refractivity contribution in [1.82, 2.24) is 0 Å². The zero-order chi connectivity index (χ0) is 14.5. The number of rotatable bonds is 5. The summed E-state index contributed by atoms with van der Waals surface area (Å²) in [5, 5.41) is 18.3. The van der Waals surface area contributed by atoms with E-state index in [2.05, 4.69) is 0 Å². The van der Waals surface area contributed by atoms with E-state index in [9.17, 15) is 9.50 Å². The van der Waals surface area contributed by atoms with Gasteiger partial charge in [0.2, 0.25) is 0 Å². The van der Waals surface area contributed by atoms with Gasteiger partial charge in [-0.25, -0.2) is 4.39 Å². The first-order chi connectivity index (χ1) is 9.60. The van der Waals surface area contributed by atoms with Crippen molar-refractivity contribution in [3.05, 3.63) is 65.0 Å². The standard InChI is InChI=1S/C16H17FO3/c1-11(19)15-7-6-14(8-16(15)17)20-10-13-4-2-12(9-18)3-5-13/h2-8,11,18-19H,9-10H2,1H3/t11-/m1/s1. The first-order valence-electron chi connectivity index (χ1n) is 6.39. The van der Waals surface area contributed by atoms with Crippen molar-refractivity contribution >= 4 is 0 Å². The van der Waals surface area contributed by atoms with E-state index >= 15 is 0 Å². The maximum atomic E-state index is 13.7. The molecule has 20 heavy (non-hydrogen) atoms. The average molecular weight is 276 g/mol. The summed E-state index contributed by atoms with van der Waals surface area (Å²) in [6.07, 6.45) is -0.838. The van der Waals surface area contributed by atoms with E-state index in [1.54, 1.807) is 6.07 Å². The molecule has 106 valence electrons. The number of hydrogen-bond donors (Lipinski definition) is 2. The van der Waals surface area contributed by atoms with Crippen LogP contribution in [0.4, 0.5) is 4.39 Å². The maximum absolute atomic E-state index is 13.7. The molecular formula is C16H17FO3. The molecule has 1 atom stereocenters. The van der Waals surface area contributed by atoms with Crippen molar-refractivity contribution in [3.8, 4) is 5.75 Å². The molecule has 0 radical (unpaired) electrons. The molecule has 0 saturated heterocycles. The summed E-state index contributed by atoms with van der Waals surface area (Å²) in [5.74, 6) is -0.0636. The Hall–Kier alpha value is -1.91. The lowest BCUT2D eigenvalue weighted by Gasteiger charge is -2.10. The number of ether oxygens (including phenoxy) is 1. The van der Waals surface area contributed by atoms with Crippen molar-refractivity contribution < 1.29 is 19.3 Å². The first-order valence-corrected chi connectivity index (χ1v) is 6.39. The highest BCUT2D eigenvalue weighted by Gasteiger charge is 2.09. The van der Waals surface area contributed by atoms with Gasteiger partial charge in [0, 0.05) is 11.6 Å². The molecule has 0 aromatic heterocycles. The second kappa shape index (κ2) is 6.50. The van der Waals surface area contributed by atoms with Gasteiger partial charge in [-0.15, -0.1) is 0 Å². The monoisotopic (exact) mass is 276 g/mol. The zero-order valence-corrected chi connectivity index (χ0v) is 11.2. The van der Waals surface area contributed by atoms with Crippen molar-refractivity contribution in [2.75, 3.05) is 0 Å². The molecule has 2 aromatic carbocycles. The SMILES string of the molecule is C[C@@H](O)c1ccc(OCc2ccc(CO)cc2)cc1F. The van der Waals surface area contributed by atoms with Crippen LogP contribution >= 0.6 is 0 Å². The van der Waals surface area contributed by atoms with E-state index in [4.69, 9.17) is 9.84 Å². The Kier molecular flexibility index (Phi) is 4.71. The van der Waals surface area contributed by atoms with Crippen LogP contribution in [0.2, 0.25) is 0 Å². The minimum atomic E-state index is -0.838. The third-order valence-electron chi connectivity index (χ3n) is 3.03. The molecule has 2 N–H and O–H groups in total. The highest BCUT2D eigenvalue weighted by atomic mass is 19.1. The molecule has 0 unspecified atom stereocenters. The van der Waals surface area contributed by atoms with Crippen LogP contribution < -0.4 is 4.74 Å². The summed E-state index contributed by atoms with van der Waals surface area (Å²) in [5.41, 5.74) is 2.02. The number of aliphatic hydroxyl groups excluding tert-OH is 2. The fourth-order valence-corrected chi connectivity index (χ4v) is 1.84. The second-order valence-electron chi connectivity index (χ2n) is 4.62. The lowest BCUT2D eigenvalue weighted by molar-refractivity contribution is 0.194. The normalized spacial score (nSPS) is 12.2. The highest BCUT2D eigenvalue weighted by Crippen LogP contribution is 2.22. The Morgan fingerprint density at radius 2 is 1.75 bits per heavy atom. The van der Waals surface area contributed by atoms with Crippen LogP contribution in [0.3, 0.4) is 0 Å². The topological polar surface area (TPSA) is 49.7 Å². The summed E-state index contributed by atoms with van der Waals surface area (Å²) in [6, 6.07) is 11.8. The smallest absolute Gasteiger partial charge is 0.132 e. The molecule has 0 saturated carbocycles. The van der Waals surface area contributed by atoms with Gasteiger partial charge < -0.3 is 14.9 Å². The van der Waals surface area contributed by atoms with Crippen LogP contribution in [0.1, 0.15) is 29.7 Å². The van der Waals surface area contributed by atoms with Crippen molar-refractivity contribution in [3.63, 3.8) is 0 Å². The molecule has 2 aromatic rings.